The van der Waals surface area contributed by atoms with E-state index in [0.29, 0.717) is 57.6 Å². The molecule has 150 valence electrons. The van der Waals surface area contributed by atoms with Gasteiger partial charge in [0.15, 0.2) is 5.96 Å². The van der Waals surface area contributed by atoms with E-state index in [1.54, 1.807) is 13.1 Å². The smallest absolute Gasteiger partial charge is 0.376 e. The minimum atomic E-state index is -4.37. The minimum absolute atomic E-state index is 0.0456. The highest BCUT2D eigenvalue weighted by Gasteiger charge is 2.32. The van der Waals surface area contributed by atoms with Gasteiger partial charge in [0.1, 0.15) is 6.10 Å². The van der Waals surface area contributed by atoms with E-state index < -0.39 is 17.8 Å². The van der Waals surface area contributed by atoms with Crippen LogP contribution < -0.4 is 5.32 Å². The van der Waals surface area contributed by atoms with E-state index in [4.69, 9.17) is 14.2 Å². The van der Waals surface area contributed by atoms with Crippen LogP contribution in [0.4, 0.5) is 13.2 Å². The van der Waals surface area contributed by atoms with Crippen LogP contribution in [0.5, 0.6) is 0 Å². The number of morpholine rings is 1. The van der Waals surface area contributed by atoms with E-state index in [1.807, 2.05) is 4.90 Å². The second kappa shape index (κ2) is 8.90. The van der Waals surface area contributed by atoms with E-state index in [9.17, 15) is 13.2 Å². The van der Waals surface area contributed by atoms with Gasteiger partial charge in [0.25, 0.3) is 0 Å². The molecule has 3 rings (SSSR count). The monoisotopic (exact) mass is 387 g/mol. The summed E-state index contributed by atoms with van der Waals surface area (Å²) in [7, 11) is 1.68. The molecule has 27 heavy (non-hydrogen) atoms. The van der Waals surface area contributed by atoms with Gasteiger partial charge in [-0.3, -0.25) is 4.99 Å². The molecular formula is C18H24F3N3O3. The predicted molar refractivity (Wildman–Crippen MR) is 93.6 cm³/mol. The van der Waals surface area contributed by atoms with Crippen LogP contribution in [-0.2, 0) is 20.4 Å². The summed E-state index contributed by atoms with van der Waals surface area (Å²) in [5.74, 6) is 0.671. The first-order valence-electron chi connectivity index (χ1n) is 8.91. The third-order valence-electron chi connectivity index (χ3n) is 4.54. The fourth-order valence-corrected chi connectivity index (χ4v) is 3.15. The average Bonchev–Trinajstić information content (AvgIpc) is 2.69. The summed E-state index contributed by atoms with van der Waals surface area (Å²) in [4.78, 5) is 6.26. The molecule has 9 heteroatoms. The van der Waals surface area contributed by atoms with Gasteiger partial charge >= 0.3 is 6.18 Å². The zero-order valence-corrected chi connectivity index (χ0v) is 15.2. The maximum atomic E-state index is 13.0. The number of guanidine groups is 1. The Labute approximate surface area is 156 Å². The van der Waals surface area contributed by atoms with Crippen LogP contribution in [0.3, 0.4) is 0 Å². The largest absolute Gasteiger partial charge is 0.416 e. The Balaban J connectivity index is 1.62. The Morgan fingerprint density at radius 2 is 2.11 bits per heavy atom. The van der Waals surface area contributed by atoms with Gasteiger partial charge < -0.3 is 24.4 Å². The molecule has 2 fully saturated rings. The third kappa shape index (κ3) is 5.33. The van der Waals surface area contributed by atoms with Crippen LogP contribution in [-0.4, -0.2) is 70.1 Å². The number of rotatable bonds is 3. The Morgan fingerprint density at radius 1 is 1.26 bits per heavy atom. The molecular weight excluding hydrogens is 363 g/mol. The lowest BCUT2D eigenvalue weighted by atomic mass is 10.0. The van der Waals surface area contributed by atoms with Crippen molar-refractivity contribution in [1.82, 2.24) is 10.2 Å². The number of aliphatic imine (C=N–C) groups is 1. The van der Waals surface area contributed by atoms with E-state index in [1.165, 1.54) is 6.07 Å². The number of hydrogen-bond donors (Lipinski definition) is 1. The van der Waals surface area contributed by atoms with Crippen LogP contribution in [0.1, 0.15) is 17.2 Å². The summed E-state index contributed by atoms with van der Waals surface area (Å²) in [6.45, 7) is 3.69. The maximum Gasteiger partial charge on any atom is 0.416 e. The van der Waals surface area contributed by atoms with Crippen LogP contribution >= 0.6 is 0 Å². The summed E-state index contributed by atoms with van der Waals surface area (Å²) < 4.78 is 55.6. The van der Waals surface area contributed by atoms with Crippen molar-refractivity contribution in [2.45, 2.75) is 18.4 Å². The molecule has 1 aromatic rings. The molecule has 1 N–H and O–H groups in total. The van der Waals surface area contributed by atoms with Gasteiger partial charge in [0.05, 0.1) is 44.6 Å². The third-order valence-corrected chi connectivity index (χ3v) is 4.54. The van der Waals surface area contributed by atoms with E-state index in [0.717, 1.165) is 12.1 Å². The van der Waals surface area contributed by atoms with Gasteiger partial charge in [-0.2, -0.15) is 13.2 Å². The highest BCUT2D eigenvalue weighted by Crippen LogP contribution is 2.32. The quantitative estimate of drug-likeness (QED) is 0.636. The van der Waals surface area contributed by atoms with E-state index >= 15 is 0 Å². The molecule has 0 spiro atoms. The predicted octanol–water partition coefficient (Wildman–Crippen LogP) is 2.07. The van der Waals surface area contributed by atoms with Crippen molar-refractivity contribution in [2.24, 2.45) is 4.99 Å². The number of hydrogen-bond acceptors (Lipinski definition) is 4. The number of benzene rings is 1. The van der Waals surface area contributed by atoms with E-state index in [-0.39, 0.29) is 6.10 Å². The first-order chi connectivity index (χ1) is 13.0. The van der Waals surface area contributed by atoms with Gasteiger partial charge in [-0.1, -0.05) is 12.1 Å². The summed E-state index contributed by atoms with van der Waals surface area (Å²) in [6, 6.07) is 5.29. The van der Waals surface area contributed by atoms with Crippen molar-refractivity contribution in [1.29, 1.82) is 0 Å². The van der Waals surface area contributed by atoms with Gasteiger partial charge in [-0.15, -0.1) is 0 Å². The van der Waals surface area contributed by atoms with E-state index in [2.05, 4.69) is 10.3 Å². The molecule has 1 aromatic carbocycles. The number of halogens is 3. The lowest BCUT2D eigenvalue weighted by Gasteiger charge is -2.36. The van der Waals surface area contributed by atoms with Crippen molar-refractivity contribution in [2.75, 3.05) is 53.1 Å². The second-order valence-corrected chi connectivity index (χ2v) is 6.42. The molecule has 0 radical (unpaired) electrons. The van der Waals surface area contributed by atoms with Crippen molar-refractivity contribution < 1.29 is 27.4 Å². The first kappa shape index (κ1) is 19.9. The van der Waals surface area contributed by atoms with Crippen LogP contribution in [0.15, 0.2) is 29.3 Å². The summed E-state index contributed by atoms with van der Waals surface area (Å²) in [6.07, 6.45) is -4.87. The minimum Gasteiger partial charge on any atom is -0.376 e. The number of ether oxygens (including phenoxy) is 3. The number of nitrogens with zero attached hydrogens (tertiary/aromatic N) is 2. The Hall–Kier alpha value is -1.84. The maximum absolute atomic E-state index is 13.0. The molecule has 0 aromatic heterocycles. The zero-order chi connectivity index (χ0) is 19.3. The Morgan fingerprint density at radius 3 is 2.81 bits per heavy atom. The standard InChI is InChI=1S/C18H24F3N3O3/c1-22-17(23-10-15-12-25-7-8-26-15)24-5-6-27-16(11-24)13-3-2-4-14(9-13)18(19,20)21/h2-4,9,15-16H,5-8,10-12H2,1H3,(H,22,23). The lowest BCUT2D eigenvalue weighted by Crippen LogP contribution is -2.50. The number of nitrogens with one attached hydrogen (secondary N) is 1. The van der Waals surface area contributed by atoms with Crippen LogP contribution in [0.25, 0.3) is 0 Å². The molecule has 2 unspecified atom stereocenters. The zero-order valence-electron chi connectivity index (χ0n) is 15.2. The average molecular weight is 387 g/mol. The van der Waals surface area contributed by atoms with Gasteiger partial charge in [0.2, 0.25) is 0 Å². The van der Waals surface area contributed by atoms with Crippen molar-refractivity contribution >= 4 is 5.96 Å². The SMILES string of the molecule is CN=C(NCC1COCCO1)N1CCOC(c2cccc(C(F)(F)F)c2)C1. The van der Waals surface area contributed by atoms with Crippen LogP contribution in [0.2, 0.25) is 0 Å². The highest BCUT2D eigenvalue weighted by molar-refractivity contribution is 5.80. The summed E-state index contributed by atoms with van der Waals surface area (Å²) in [5, 5.41) is 3.25. The van der Waals surface area contributed by atoms with Crippen LogP contribution in [0, 0.1) is 0 Å². The Bertz CT molecular complexity index is 648. The lowest BCUT2D eigenvalue weighted by molar-refractivity contribution is -0.137. The fraction of sp³-hybridized carbons (Fsp3) is 0.611. The topological polar surface area (TPSA) is 55.3 Å². The van der Waals surface area contributed by atoms with Gasteiger partial charge in [-0.25, -0.2) is 0 Å². The summed E-state index contributed by atoms with van der Waals surface area (Å²) >= 11 is 0. The van der Waals surface area contributed by atoms with Crippen molar-refractivity contribution in [3.8, 4) is 0 Å². The molecule has 0 saturated carbocycles. The summed E-state index contributed by atoms with van der Waals surface area (Å²) in [5.41, 5.74) is -0.160. The molecule has 2 aliphatic rings. The molecule has 0 amide bonds. The molecule has 6 nitrogen and oxygen atoms in total. The van der Waals surface area contributed by atoms with Gasteiger partial charge in [0, 0.05) is 20.1 Å². The fourth-order valence-electron chi connectivity index (χ4n) is 3.15. The molecule has 2 heterocycles. The molecule has 2 saturated heterocycles. The highest BCUT2D eigenvalue weighted by atomic mass is 19.4. The molecule has 0 bridgehead atoms. The second-order valence-electron chi connectivity index (χ2n) is 6.42. The Kier molecular flexibility index (Phi) is 6.56. The van der Waals surface area contributed by atoms with Crippen molar-refractivity contribution in [3.63, 3.8) is 0 Å². The molecule has 2 atom stereocenters. The molecule has 2 aliphatic heterocycles. The number of alkyl halides is 3. The van der Waals surface area contributed by atoms with Crippen molar-refractivity contribution in [3.05, 3.63) is 35.4 Å². The normalized spacial score (nSPS) is 24.7. The first-order valence-corrected chi connectivity index (χ1v) is 8.91. The van der Waals surface area contributed by atoms with Gasteiger partial charge in [-0.05, 0) is 17.7 Å². The molecule has 0 aliphatic carbocycles.